The SMILES string of the molecule is CC(=O)N(c1nc(CN2CCCCC2c2n[nH]c(=O)[nH]2)cs1)C1CC1. The van der Waals surface area contributed by atoms with Gasteiger partial charge in [0, 0.05) is 24.9 Å². The van der Waals surface area contributed by atoms with Gasteiger partial charge in [0.25, 0.3) is 0 Å². The summed E-state index contributed by atoms with van der Waals surface area (Å²) in [6, 6.07) is 0.429. The minimum absolute atomic E-state index is 0.0633. The number of nitrogens with zero attached hydrogens (tertiary/aromatic N) is 4. The highest BCUT2D eigenvalue weighted by atomic mass is 32.1. The number of aromatic nitrogens is 4. The monoisotopic (exact) mass is 362 g/mol. The molecule has 2 aromatic rings. The van der Waals surface area contributed by atoms with E-state index in [-0.39, 0.29) is 17.6 Å². The number of hydrogen-bond acceptors (Lipinski definition) is 6. The summed E-state index contributed by atoms with van der Waals surface area (Å²) in [5, 5.41) is 9.40. The second kappa shape index (κ2) is 6.72. The van der Waals surface area contributed by atoms with Crippen LogP contribution in [0.15, 0.2) is 10.2 Å². The van der Waals surface area contributed by atoms with Crippen molar-refractivity contribution in [2.75, 3.05) is 11.4 Å². The maximum atomic E-state index is 11.9. The van der Waals surface area contributed by atoms with Crippen molar-refractivity contribution in [3.63, 3.8) is 0 Å². The standard InChI is InChI=1S/C16H22N6O2S/c1-10(23)22(12-5-6-12)16-17-11(9-25-16)8-21-7-3-2-4-13(21)14-18-15(24)20-19-14/h9,12-13H,2-8H2,1H3,(H2,18,19,20,24). The number of aromatic amines is 2. The van der Waals surface area contributed by atoms with E-state index in [1.54, 1.807) is 6.92 Å². The topological polar surface area (TPSA) is 98.0 Å². The van der Waals surface area contributed by atoms with E-state index in [9.17, 15) is 9.59 Å². The van der Waals surface area contributed by atoms with Crippen molar-refractivity contribution in [3.8, 4) is 0 Å². The summed E-state index contributed by atoms with van der Waals surface area (Å²) < 4.78 is 0. The Morgan fingerprint density at radius 3 is 2.92 bits per heavy atom. The van der Waals surface area contributed by atoms with Gasteiger partial charge in [0.2, 0.25) is 5.91 Å². The van der Waals surface area contributed by atoms with Crippen molar-refractivity contribution in [1.29, 1.82) is 0 Å². The summed E-state index contributed by atoms with van der Waals surface area (Å²) in [5.41, 5.74) is 0.703. The van der Waals surface area contributed by atoms with E-state index < -0.39 is 0 Å². The fourth-order valence-electron chi connectivity index (χ4n) is 3.50. The van der Waals surface area contributed by atoms with Gasteiger partial charge in [-0.1, -0.05) is 6.42 Å². The molecule has 2 N–H and O–H groups in total. The third-order valence-corrected chi connectivity index (χ3v) is 5.70. The fraction of sp³-hybridized carbons (Fsp3) is 0.625. The van der Waals surface area contributed by atoms with Crippen LogP contribution in [0.3, 0.4) is 0 Å². The molecule has 2 aliphatic rings. The van der Waals surface area contributed by atoms with Crippen LogP contribution in [-0.2, 0) is 11.3 Å². The summed E-state index contributed by atoms with van der Waals surface area (Å²) in [7, 11) is 0. The van der Waals surface area contributed by atoms with Crippen molar-refractivity contribution < 1.29 is 4.79 Å². The second-order valence-corrected chi connectivity index (χ2v) is 7.62. The van der Waals surface area contributed by atoms with Crippen LogP contribution in [0, 0.1) is 0 Å². The van der Waals surface area contributed by atoms with Gasteiger partial charge in [-0.2, -0.15) is 5.10 Å². The zero-order chi connectivity index (χ0) is 17.4. The number of amides is 1. The molecule has 3 heterocycles. The Labute approximate surface area is 149 Å². The van der Waals surface area contributed by atoms with Gasteiger partial charge in [0.05, 0.1) is 11.7 Å². The molecule has 1 unspecified atom stereocenters. The number of thiazole rings is 1. The minimum atomic E-state index is -0.266. The van der Waals surface area contributed by atoms with E-state index in [4.69, 9.17) is 4.98 Å². The van der Waals surface area contributed by atoms with E-state index >= 15 is 0 Å². The molecular formula is C16H22N6O2S. The van der Waals surface area contributed by atoms with Gasteiger partial charge in [-0.25, -0.2) is 14.9 Å². The van der Waals surface area contributed by atoms with E-state index in [0.717, 1.165) is 49.5 Å². The number of nitrogens with one attached hydrogen (secondary N) is 2. The molecule has 0 bridgehead atoms. The molecule has 2 aromatic heterocycles. The molecular weight excluding hydrogens is 340 g/mol. The molecule has 134 valence electrons. The average molecular weight is 362 g/mol. The van der Waals surface area contributed by atoms with Crippen LogP contribution in [0.2, 0.25) is 0 Å². The van der Waals surface area contributed by atoms with Gasteiger partial charge in [-0.3, -0.25) is 19.6 Å². The molecule has 1 saturated carbocycles. The Balaban J connectivity index is 1.50. The molecule has 9 heteroatoms. The number of carbonyl (C=O) groups is 1. The van der Waals surface area contributed by atoms with Crippen LogP contribution in [0.5, 0.6) is 0 Å². The number of hydrogen-bond donors (Lipinski definition) is 2. The lowest BCUT2D eigenvalue weighted by Crippen LogP contribution is -2.34. The van der Waals surface area contributed by atoms with Crippen molar-refractivity contribution in [1.82, 2.24) is 25.1 Å². The molecule has 0 radical (unpaired) electrons. The Kier molecular flexibility index (Phi) is 4.43. The Morgan fingerprint density at radius 1 is 1.40 bits per heavy atom. The van der Waals surface area contributed by atoms with E-state index in [1.165, 1.54) is 11.3 Å². The summed E-state index contributed by atoms with van der Waals surface area (Å²) in [6.45, 7) is 3.26. The molecule has 1 aliphatic carbocycles. The highest BCUT2D eigenvalue weighted by molar-refractivity contribution is 7.14. The quantitative estimate of drug-likeness (QED) is 0.845. The van der Waals surface area contributed by atoms with Gasteiger partial charge in [0.1, 0.15) is 5.82 Å². The van der Waals surface area contributed by atoms with Crippen LogP contribution in [0.25, 0.3) is 0 Å². The Hall–Kier alpha value is -2.00. The van der Waals surface area contributed by atoms with Gasteiger partial charge in [0.15, 0.2) is 5.13 Å². The molecule has 1 amide bonds. The zero-order valence-corrected chi connectivity index (χ0v) is 15.0. The van der Waals surface area contributed by atoms with Crippen molar-refractivity contribution in [3.05, 3.63) is 27.4 Å². The number of anilines is 1. The maximum Gasteiger partial charge on any atom is 0.340 e. The largest absolute Gasteiger partial charge is 0.340 e. The molecule has 1 saturated heterocycles. The maximum absolute atomic E-state index is 11.9. The van der Waals surface area contributed by atoms with Gasteiger partial charge < -0.3 is 0 Å². The first-order chi connectivity index (χ1) is 12.1. The van der Waals surface area contributed by atoms with E-state index in [2.05, 4.69) is 20.1 Å². The molecule has 0 spiro atoms. The smallest absolute Gasteiger partial charge is 0.292 e. The fourth-order valence-corrected chi connectivity index (χ4v) is 4.43. The van der Waals surface area contributed by atoms with Crippen LogP contribution < -0.4 is 10.6 Å². The van der Waals surface area contributed by atoms with E-state index in [1.807, 2.05) is 10.3 Å². The summed E-state index contributed by atoms with van der Waals surface area (Å²) in [4.78, 5) is 34.9. The van der Waals surface area contributed by atoms with Crippen molar-refractivity contribution >= 4 is 22.4 Å². The van der Waals surface area contributed by atoms with Gasteiger partial charge in [-0.15, -0.1) is 11.3 Å². The first kappa shape index (κ1) is 16.5. The number of H-pyrrole nitrogens is 2. The molecule has 8 nitrogen and oxygen atoms in total. The molecule has 25 heavy (non-hydrogen) atoms. The molecule has 2 fully saturated rings. The van der Waals surface area contributed by atoms with E-state index in [0.29, 0.717) is 18.4 Å². The first-order valence-corrected chi connectivity index (χ1v) is 9.62. The van der Waals surface area contributed by atoms with Crippen LogP contribution >= 0.6 is 11.3 Å². The highest BCUT2D eigenvalue weighted by Crippen LogP contribution is 2.35. The second-order valence-electron chi connectivity index (χ2n) is 6.79. The normalized spacial score (nSPS) is 21.4. The van der Waals surface area contributed by atoms with Crippen LogP contribution in [-0.4, -0.2) is 43.6 Å². The third kappa shape index (κ3) is 3.52. The highest BCUT2D eigenvalue weighted by Gasteiger charge is 2.34. The molecule has 0 aromatic carbocycles. The van der Waals surface area contributed by atoms with Crippen LogP contribution in [0.4, 0.5) is 5.13 Å². The van der Waals surface area contributed by atoms with Gasteiger partial charge >= 0.3 is 5.69 Å². The summed E-state index contributed by atoms with van der Waals surface area (Å²) in [6.07, 6.45) is 5.35. The average Bonchev–Trinajstić information content (AvgIpc) is 3.14. The predicted molar refractivity (Wildman–Crippen MR) is 94.5 cm³/mol. The third-order valence-electron chi connectivity index (χ3n) is 4.81. The Morgan fingerprint density at radius 2 is 2.24 bits per heavy atom. The number of piperidine rings is 1. The predicted octanol–water partition coefficient (Wildman–Crippen LogP) is 1.80. The van der Waals surface area contributed by atoms with Gasteiger partial charge in [-0.05, 0) is 32.2 Å². The molecule has 4 rings (SSSR count). The van der Waals surface area contributed by atoms with Crippen LogP contribution in [0.1, 0.15) is 56.6 Å². The summed E-state index contributed by atoms with van der Waals surface area (Å²) in [5.74, 6) is 0.761. The zero-order valence-electron chi connectivity index (χ0n) is 14.2. The lowest BCUT2D eigenvalue weighted by molar-refractivity contribution is -0.116. The lowest BCUT2D eigenvalue weighted by Gasteiger charge is -2.33. The van der Waals surface area contributed by atoms with Crippen molar-refractivity contribution in [2.45, 2.75) is 57.7 Å². The number of likely N-dealkylation sites (tertiary alicyclic amines) is 1. The lowest BCUT2D eigenvalue weighted by atomic mass is 10.0. The van der Waals surface area contributed by atoms with Crippen molar-refractivity contribution in [2.24, 2.45) is 0 Å². The number of rotatable bonds is 5. The molecule has 1 atom stereocenters. The number of carbonyl (C=O) groups excluding carboxylic acids is 1. The molecule has 1 aliphatic heterocycles. The summed E-state index contributed by atoms with van der Waals surface area (Å²) >= 11 is 1.53. The minimum Gasteiger partial charge on any atom is -0.292 e. The first-order valence-electron chi connectivity index (χ1n) is 8.74. The Bertz CT molecular complexity index is 807.